The Morgan fingerprint density at radius 3 is 2.95 bits per heavy atom. The van der Waals surface area contributed by atoms with Crippen LogP contribution >= 0.6 is 0 Å². The Labute approximate surface area is 110 Å². The predicted molar refractivity (Wildman–Crippen MR) is 67.4 cm³/mol. The van der Waals surface area contributed by atoms with Crippen molar-refractivity contribution in [2.24, 2.45) is 0 Å². The van der Waals surface area contributed by atoms with Gasteiger partial charge in [0.05, 0.1) is 10.5 Å². The molecule has 0 bridgehead atoms. The number of likely N-dealkylation sites (tertiary alicyclic amines) is 1. The second-order valence-electron chi connectivity index (χ2n) is 4.62. The number of nitrogens with zero attached hydrogens (tertiary/aromatic N) is 2. The first kappa shape index (κ1) is 13.5. The Bertz CT molecular complexity index is 519. The first-order valence-corrected chi connectivity index (χ1v) is 6.29. The van der Waals surface area contributed by atoms with Crippen LogP contribution in [0.4, 0.5) is 10.1 Å². The zero-order chi connectivity index (χ0) is 14.0. The molecule has 0 aliphatic carbocycles. The molecule has 0 aromatic heterocycles. The van der Waals surface area contributed by atoms with Gasteiger partial charge in [0, 0.05) is 24.7 Å². The van der Waals surface area contributed by atoms with E-state index in [1.165, 1.54) is 0 Å². The van der Waals surface area contributed by atoms with Gasteiger partial charge in [0.1, 0.15) is 5.82 Å². The number of nitro groups is 1. The van der Waals surface area contributed by atoms with Gasteiger partial charge in [-0.25, -0.2) is 4.39 Å². The van der Waals surface area contributed by atoms with Crippen LogP contribution in [0.2, 0.25) is 0 Å². The molecule has 0 saturated carbocycles. The second kappa shape index (κ2) is 5.34. The fraction of sp³-hybridized carbons (Fsp3) is 0.462. The van der Waals surface area contributed by atoms with E-state index in [2.05, 4.69) is 0 Å². The van der Waals surface area contributed by atoms with Crippen LogP contribution in [0.15, 0.2) is 18.2 Å². The van der Waals surface area contributed by atoms with Crippen LogP contribution in [0.5, 0.6) is 0 Å². The number of carbonyl (C=O) groups excluding carboxylic acids is 1. The fourth-order valence-electron chi connectivity index (χ4n) is 2.47. The zero-order valence-electron chi connectivity index (χ0n) is 10.6. The summed E-state index contributed by atoms with van der Waals surface area (Å²) in [5.41, 5.74) is -0.480. The van der Waals surface area contributed by atoms with Crippen LogP contribution in [0.3, 0.4) is 0 Å². The summed E-state index contributed by atoms with van der Waals surface area (Å²) in [6.45, 7) is 2.56. The normalized spacial score (nSPS) is 18.6. The Morgan fingerprint density at radius 1 is 1.58 bits per heavy atom. The van der Waals surface area contributed by atoms with Gasteiger partial charge in [0.15, 0.2) is 0 Å². The van der Waals surface area contributed by atoms with Crippen molar-refractivity contribution < 1.29 is 14.1 Å². The van der Waals surface area contributed by atoms with E-state index in [0.29, 0.717) is 6.54 Å². The first-order valence-electron chi connectivity index (χ1n) is 6.29. The van der Waals surface area contributed by atoms with Crippen molar-refractivity contribution in [1.82, 2.24) is 4.90 Å². The van der Waals surface area contributed by atoms with Gasteiger partial charge in [-0.1, -0.05) is 6.92 Å². The van der Waals surface area contributed by atoms with E-state index < -0.39 is 16.6 Å². The highest BCUT2D eigenvalue weighted by Gasteiger charge is 2.30. The number of rotatable bonds is 3. The molecule has 1 fully saturated rings. The molecule has 1 amide bonds. The molecule has 0 spiro atoms. The summed E-state index contributed by atoms with van der Waals surface area (Å²) in [4.78, 5) is 23.9. The number of halogens is 1. The van der Waals surface area contributed by atoms with Crippen LogP contribution < -0.4 is 0 Å². The summed E-state index contributed by atoms with van der Waals surface area (Å²) in [6, 6.07) is 3.16. The molecular weight excluding hydrogens is 251 g/mol. The smallest absolute Gasteiger partial charge is 0.270 e. The van der Waals surface area contributed by atoms with Crippen molar-refractivity contribution in [3.8, 4) is 0 Å². The third kappa shape index (κ3) is 2.57. The summed E-state index contributed by atoms with van der Waals surface area (Å²) >= 11 is 0. The third-order valence-electron chi connectivity index (χ3n) is 3.50. The van der Waals surface area contributed by atoms with E-state index in [1.54, 1.807) is 4.90 Å². The van der Waals surface area contributed by atoms with Crippen molar-refractivity contribution in [3.63, 3.8) is 0 Å². The van der Waals surface area contributed by atoms with Gasteiger partial charge >= 0.3 is 0 Å². The van der Waals surface area contributed by atoms with Crippen LogP contribution in [0.25, 0.3) is 0 Å². The van der Waals surface area contributed by atoms with Crippen molar-refractivity contribution in [2.75, 3.05) is 6.54 Å². The number of hydrogen-bond acceptors (Lipinski definition) is 3. The van der Waals surface area contributed by atoms with E-state index in [4.69, 9.17) is 0 Å². The zero-order valence-corrected chi connectivity index (χ0v) is 10.6. The lowest BCUT2D eigenvalue weighted by Gasteiger charge is -2.23. The summed E-state index contributed by atoms with van der Waals surface area (Å²) in [6.07, 6.45) is 2.60. The maximum absolute atomic E-state index is 13.7. The topological polar surface area (TPSA) is 63.5 Å². The van der Waals surface area contributed by atoms with Crippen LogP contribution in [-0.2, 0) is 0 Å². The summed E-state index contributed by atoms with van der Waals surface area (Å²) in [7, 11) is 0. The van der Waals surface area contributed by atoms with Crippen LogP contribution in [0.1, 0.15) is 36.5 Å². The fourth-order valence-corrected chi connectivity index (χ4v) is 2.47. The highest BCUT2D eigenvalue weighted by atomic mass is 19.1. The molecule has 1 aliphatic rings. The van der Waals surface area contributed by atoms with E-state index in [1.807, 2.05) is 6.92 Å². The summed E-state index contributed by atoms with van der Waals surface area (Å²) in [5, 5.41) is 10.7. The van der Waals surface area contributed by atoms with Gasteiger partial charge in [-0.15, -0.1) is 0 Å². The van der Waals surface area contributed by atoms with E-state index in [9.17, 15) is 19.3 Å². The Kier molecular flexibility index (Phi) is 3.78. The number of nitro benzene ring substituents is 1. The average Bonchev–Trinajstić information content (AvgIpc) is 2.86. The minimum Gasteiger partial charge on any atom is -0.336 e. The van der Waals surface area contributed by atoms with Crippen LogP contribution in [0, 0.1) is 15.9 Å². The van der Waals surface area contributed by atoms with Crippen molar-refractivity contribution in [2.45, 2.75) is 32.2 Å². The number of amides is 1. The minimum atomic E-state index is -0.711. The molecular formula is C13H15FN2O3. The molecule has 1 aromatic carbocycles. The monoisotopic (exact) mass is 266 g/mol. The molecule has 1 unspecified atom stereocenters. The van der Waals surface area contributed by atoms with Gasteiger partial charge in [-0.2, -0.15) is 0 Å². The predicted octanol–water partition coefficient (Wildman–Crippen LogP) is 2.75. The van der Waals surface area contributed by atoms with Gasteiger partial charge in [-0.3, -0.25) is 14.9 Å². The molecule has 1 aliphatic heterocycles. The van der Waals surface area contributed by atoms with E-state index in [0.717, 1.165) is 37.5 Å². The van der Waals surface area contributed by atoms with Gasteiger partial charge in [0.25, 0.3) is 11.6 Å². The number of carbonyl (C=O) groups is 1. The first-order chi connectivity index (χ1) is 9.04. The molecule has 1 heterocycles. The highest BCUT2D eigenvalue weighted by molar-refractivity contribution is 5.95. The third-order valence-corrected chi connectivity index (χ3v) is 3.50. The quantitative estimate of drug-likeness (QED) is 0.624. The summed E-state index contributed by atoms with van der Waals surface area (Å²) in [5.74, 6) is -1.16. The maximum atomic E-state index is 13.7. The molecule has 1 saturated heterocycles. The molecule has 102 valence electrons. The lowest BCUT2D eigenvalue weighted by molar-refractivity contribution is -0.384. The Morgan fingerprint density at radius 2 is 2.32 bits per heavy atom. The summed E-state index contributed by atoms with van der Waals surface area (Å²) < 4.78 is 13.7. The van der Waals surface area contributed by atoms with Crippen molar-refractivity contribution in [1.29, 1.82) is 0 Å². The standard InChI is InChI=1S/C13H15FN2O3/c1-2-9-4-3-7-15(9)13(17)11-8-10(16(18)19)5-6-12(11)14/h5-6,8-9H,2-4,7H2,1H3. The second-order valence-corrected chi connectivity index (χ2v) is 4.62. The minimum absolute atomic E-state index is 0.103. The van der Waals surface area contributed by atoms with Gasteiger partial charge < -0.3 is 4.90 Å². The molecule has 2 rings (SSSR count). The van der Waals surface area contributed by atoms with Crippen molar-refractivity contribution in [3.05, 3.63) is 39.7 Å². The molecule has 0 N–H and O–H groups in total. The van der Waals surface area contributed by atoms with E-state index in [-0.39, 0.29) is 17.3 Å². The average molecular weight is 266 g/mol. The van der Waals surface area contributed by atoms with Gasteiger partial charge in [-0.05, 0) is 25.3 Å². The molecule has 1 atom stereocenters. The molecule has 0 radical (unpaired) electrons. The lowest BCUT2D eigenvalue weighted by atomic mass is 10.1. The Hall–Kier alpha value is -1.98. The SMILES string of the molecule is CCC1CCCN1C(=O)c1cc([N+](=O)[O-])ccc1F. The van der Waals surface area contributed by atoms with Gasteiger partial charge in [0.2, 0.25) is 0 Å². The molecule has 19 heavy (non-hydrogen) atoms. The number of benzene rings is 1. The Balaban J connectivity index is 2.32. The maximum Gasteiger partial charge on any atom is 0.270 e. The number of hydrogen-bond donors (Lipinski definition) is 0. The van der Waals surface area contributed by atoms with Crippen molar-refractivity contribution >= 4 is 11.6 Å². The van der Waals surface area contributed by atoms with Crippen LogP contribution in [-0.4, -0.2) is 28.3 Å². The van der Waals surface area contributed by atoms with E-state index >= 15 is 0 Å². The highest BCUT2D eigenvalue weighted by Crippen LogP contribution is 2.25. The molecule has 6 heteroatoms. The largest absolute Gasteiger partial charge is 0.336 e. The number of non-ortho nitro benzene ring substituents is 1. The lowest BCUT2D eigenvalue weighted by Crippen LogP contribution is -2.35. The molecule has 5 nitrogen and oxygen atoms in total. The molecule has 1 aromatic rings.